The number of nitrogens with zero attached hydrogens (tertiary/aromatic N) is 4. The summed E-state index contributed by atoms with van der Waals surface area (Å²) in [6.07, 6.45) is 3.56. The van der Waals surface area contributed by atoms with Crippen molar-refractivity contribution in [3.63, 3.8) is 0 Å². The molecule has 142 valence electrons. The van der Waals surface area contributed by atoms with Gasteiger partial charge in [-0.3, -0.25) is 14.2 Å². The number of carbonyl (C=O) groups is 1. The summed E-state index contributed by atoms with van der Waals surface area (Å²) < 4.78 is 4.53. The number of hydrogen-bond donors (Lipinski definition) is 1. The van der Waals surface area contributed by atoms with E-state index in [9.17, 15) is 4.79 Å². The second kappa shape index (κ2) is 8.27. The molecule has 0 bridgehead atoms. The molecular formula is C19H21BrClN5O. The van der Waals surface area contributed by atoms with Crippen LogP contribution in [0.25, 0.3) is 0 Å². The summed E-state index contributed by atoms with van der Waals surface area (Å²) >= 11 is 9.31. The second-order valence-electron chi connectivity index (χ2n) is 6.60. The molecule has 6 nitrogen and oxygen atoms in total. The highest BCUT2D eigenvalue weighted by atomic mass is 79.9. The van der Waals surface area contributed by atoms with Gasteiger partial charge < -0.3 is 5.32 Å². The first-order valence-corrected chi connectivity index (χ1v) is 9.78. The topological polar surface area (TPSA) is 64.7 Å². The summed E-state index contributed by atoms with van der Waals surface area (Å²) in [4.78, 5) is 12.6. The molecule has 0 aliphatic carbocycles. The van der Waals surface area contributed by atoms with Gasteiger partial charge in [0.05, 0.1) is 46.8 Å². The monoisotopic (exact) mass is 449 g/mol. The van der Waals surface area contributed by atoms with E-state index in [1.165, 1.54) is 0 Å². The van der Waals surface area contributed by atoms with Crippen molar-refractivity contribution < 1.29 is 4.79 Å². The van der Waals surface area contributed by atoms with E-state index in [2.05, 4.69) is 31.4 Å². The number of carbonyl (C=O) groups excluding carboxylic acids is 1. The van der Waals surface area contributed by atoms with E-state index in [-0.39, 0.29) is 11.8 Å². The largest absolute Gasteiger partial charge is 0.323 e. The number of rotatable bonds is 6. The van der Waals surface area contributed by atoms with E-state index in [1.807, 2.05) is 55.9 Å². The van der Waals surface area contributed by atoms with Crippen LogP contribution in [-0.2, 0) is 17.9 Å². The van der Waals surface area contributed by atoms with E-state index < -0.39 is 0 Å². The van der Waals surface area contributed by atoms with Crippen LogP contribution in [0.15, 0.2) is 41.1 Å². The number of aryl methyl sites for hydroxylation is 1. The van der Waals surface area contributed by atoms with Crippen molar-refractivity contribution in [1.82, 2.24) is 19.6 Å². The van der Waals surface area contributed by atoms with Crippen LogP contribution < -0.4 is 5.32 Å². The Bertz CT molecular complexity index is 948. The van der Waals surface area contributed by atoms with Crippen LogP contribution in [0.4, 0.5) is 5.69 Å². The molecule has 0 spiro atoms. The first-order chi connectivity index (χ1) is 12.8. The van der Waals surface area contributed by atoms with Gasteiger partial charge in [-0.15, -0.1) is 0 Å². The van der Waals surface area contributed by atoms with Crippen LogP contribution in [0.2, 0.25) is 5.02 Å². The summed E-state index contributed by atoms with van der Waals surface area (Å²) in [5.74, 6) is -0.283. The van der Waals surface area contributed by atoms with Gasteiger partial charge in [-0.2, -0.15) is 10.2 Å². The van der Waals surface area contributed by atoms with Gasteiger partial charge in [-0.05, 0) is 47.5 Å². The zero-order valence-electron chi connectivity index (χ0n) is 15.4. The van der Waals surface area contributed by atoms with Crippen LogP contribution in [0.5, 0.6) is 0 Å². The molecule has 2 aromatic heterocycles. The predicted octanol–water partition coefficient (Wildman–Crippen LogP) is 4.44. The Morgan fingerprint density at radius 2 is 2.00 bits per heavy atom. The number of aromatic nitrogens is 4. The highest BCUT2D eigenvalue weighted by Crippen LogP contribution is 2.22. The molecule has 0 aliphatic heterocycles. The number of benzene rings is 1. The van der Waals surface area contributed by atoms with Gasteiger partial charge in [0.15, 0.2) is 0 Å². The molecule has 1 atom stereocenters. The van der Waals surface area contributed by atoms with Crippen LogP contribution in [-0.4, -0.2) is 25.5 Å². The first kappa shape index (κ1) is 19.6. The lowest BCUT2D eigenvalue weighted by Crippen LogP contribution is -2.25. The van der Waals surface area contributed by atoms with Crippen molar-refractivity contribution in [2.45, 2.75) is 33.9 Å². The number of halogens is 2. The van der Waals surface area contributed by atoms with Gasteiger partial charge in [0.25, 0.3) is 0 Å². The maximum absolute atomic E-state index is 12.6. The molecule has 27 heavy (non-hydrogen) atoms. The molecule has 0 radical (unpaired) electrons. The van der Waals surface area contributed by atoms with E-state index in [1.54, 1.807) is 10.9 Å². The van der Waals surface area contributed by atoms with Gasteiger partial charge in [0.1, 0.15) is 0 Å². The van der Waals surface area contributed by atoms with Crippen molar-refractivity contribution in [3.8, 4) is 0 Å². The highest BCUT2D eigenvalue weighted by Gasteiger charge is 2.19. The molecule has 0 fully saturated rings. The second-order valence-corrected chi connectivity index (χ2v) is 7.95. The molecule has 0 saturated heterocycles. The fourth-order valence-corrected chi connectivity index (χ4v) is 3.30. The maximum Gasteiger partial charge on any atom is 0.229 e. The summed E-state index contributed by atoms with van der Waals surface area (Å²) in [7, 11) is 0. The Morgan fingerprint density at radius 1 is 1.30 bits per heavy atom. The molecule has 3 aromatic rings. The lowest BCUT2D eigenvalue weighted by atomic mass is 10.1. The summed E-state index contributed by atoms with van der Waals surface area (Å²) in [6.45, 7) is 6.87. The average molecular weight is 451 g/mol. The molecule has 2 heterocycles. The molecular weight excluding hydrogens is 430 g/mol. The predicted molar refractivity (Wildman–Crippen MR) is 110 cm³/mol. The third-order valence-corrected chi connectivity index (χ3v) is 5.05. The number of anilines is 1. The van der Waals surface area contributed by atoms with Gasteiger partial charge >= 0.3 is 0 Å². The smallest absolute Gasteiger partial charge is 0.229 e. The van der Waals surface area contributed by atoms with E-state index in [0.717, 1.165) is 27.1 Å². The van der Waals surface area contributed by atoms with E-state index in [0.29, 0.717) is 18.1 Å². The number of nitrogens with one attached hydrogen (secondary N) is 1. The normalized spacial score (nSPS) is 12.2. The molecule has 1 unspecified atom stereocenters. The molecule has 0 aliphatic rings. The first-order valence-electron chi connectivity index (χ1n) is 8.60. The zero-order valence-corrected chi connectivity index (χ0v) is 17.8. The molecule has 0 saturated carbocycles. The summed E-state index contributed by atoms with van der Waals surface area (Å²) in [5, 5.41) is 12.5. The lowest BCUT2D eigenvalue weighted by Gasteiger charge is -2.13. The standard InChI is InChI=1S/C19H21BrClN5O/c1-12(9-25-11-16(20)8-22-25)19(27)23-18-13(2)24-26(14(18)3)10-15-4-6-17(21)7-5-15/h4-8,11-12H,9-10H2,1-3H3,(H,23,27). The number of hydrogen-bond acceptors (Lipinski definition) is 3. The van der Waals surface area contributed by atoms with Crippen molar-refractivity contribution in [2.75, 3.05) is 5.32 Å². The van der Waals surface area contributed by atoms with Crippen LogP contribution in [0.3, 0.4) is 0 Å². The van der Waals surface area contributed by atoms with Crippen molar-refractivity contribution in [1.29, 1.82) is 0 Å². The van der Waals surface area contributed by atoms with Crippen molar-refractivity contribution in [3.05, 3.63) is 63.1 Å². The molecule has 1 N–H and O–H groups in total. The Hall–Kier alpha value is -2.12. The maximum atomic E-state index is 12.6. The molecule has 1 amide bonds. The Kier molecular flexibility index (Phi) is 6.01. The molecule has 1 aromatic carbocycles. The Morgan fingerprint density at radius 3 is 2.63 bits per heavy atom. The minimum Gasteiger partial charge on any atom is -0.323 e. The quantitative estimate of drug-likeness (QED) is 0.604. The van der Waals surface area contributed by atoms with Crippen LogP contribution in [0, 0.1) is 19.8 Å². The molecule has 3 rings (SSSR count). The fraction of sp³-hybridized carbons (Fsp3) is 0.316. The third-order valence-electron chi connectivity index (χ3n) is 4.39. The zero-order chi connectivity index (χ0) is 19.6. The number of amides is 1. The fourth-order valence-electron chi connectivity index (χ4n) is 2.84. The Balaban J connectivity index is 1.70. The van der Waals surface area contributed by atoms with Crippen LogP contribution in [0.1, 0.15) is 23.9 Å². The van der Waals surface area contributed by atoms with E-state index >= 15 is 0 Å². The summed E-state index contributed by atoms with van der Waals surface area (Å²) in [6, 6.07) is 7.67. The molecule has 8 heteroatoms. The van der Waals surface area contributed by atoms with Crippen LogP contribution >= 0.6 is 27.5 Å². The Labute approximate surface area is 171 Å². The van der Waals surface area contributed by atoms with Gasteiger partial charge in [-0.1, -0.05) is 30.7 Å². The minimum atomic E-state index is -0.227. The summed E-state index contributed by atoms with van der Waals surface area (Å²) in [5.41, 5.74) is 3.58. The minimum absolute atomic E-state index is 0.0566. The van der Waals surface area contributed by atoms with Gasteiger partial charge in [-0.25, -0.2) is 0 Å². The van der Waals surface area contributed by atoms with Gasteiger partial charge in [0, 0.05) is 11.2 Å². The van der Waals surface area contributed by atoms with Crippen molar-refractivity contribution >= 4 is 39.1 Å². The van der Waals surface area contributed by atoms with E-state index in [4.69, 9.17) is 11.6 Å². The van der Waals surface area contributed by atoms with Crippen molar-refractivity contribution in [2.24, 2.45) is 5.92 Å². The lowest BCUT2D eigenvalue weighted by molar-refractivity contribution is -0.119. The SMILES string of the molecule is Cc1nn(Cc2ccc(Cl)cc2)c(C)c1NC(=O)C(C)Cn1cc(Br)cn1. The highest BCUT2D eigenvalue weighted by molar-refractivity contribution is 9.10. The third kappa shape index (κ3) is 4.78. The van der Waals surface area contributed by atoms with Gasteiger partial charge in [0.2, 0.25) is 5.91 Å². The average Bonchev–Trinajstić information content (AvgIpc) is 3.14.